The van der Waals surface area contributed by atoms with Crippen LogP contribution in [0.5, 0.6) is 17.2 Å². The number of rotatable bonds is 8. The first-order valence-electron chi connectivity index (χ1n) is 10.0. The predicted octanol–water partition coefficient (Wildman–Crippen LogP) is 2.18. The first-order chi connectivity index (χ1) is 14.9. The number of carbonyl (C=O) groups is 1. The number of piperazine rings is 1. The number of methoxy groups -OCH3 is 3. The molecule has 1 amide bonds. The van der Waals surface area contributed by atoms with Crippen molar-refractivity contribution in [1.82, 2.24) is 9.21 Å². The van der Waals surface area contributed by atoms with Crippen LogP contribution in [0.15, 0.2) is 47.4 Å². The summed E-state index contributed by atoms with van der Waals surface area (Å²) in [7, 11) is 0.878. The zero-order valence-corrected chi connectivity index (χ0v) is 18.9. The summed E-state index contributed by atoms with van der Waals surface area (Å²) < 4.78 is 43.2. The normalized spacial score (nSPS) is 14.9. The van der Waals surface area contributed by atoms with Crippen LogP contribution in [0.3, 0.4) is 0 Å². The van der Waals surface area contributed by atoms with Crippen molar-refractivity contribution in [2.24, 2.45) is 0 Å². The number of amides is 1. The molecule has 1 aliphatic heterocycles. The summed E-state index contributed by atoms with van der Waals surface area (Å²) in [6, 6.07) is 12.2. The van der Waals surface area contributed by atoms with Crippen LogP contribution in [0.4, 0.5) is 0 Å². The van der Waals surface area contributed by atoms with Crippen LogP contribution in [-0.4, -0.2) is 71.0 Å². The van der Waals surface area contributed by atoms with E-state index in [1.54, 1.807) is 18.1 Å². The van der Waals surface area contributed by atoms with E-state index >= 15 is 0 Å². The molecule has 168 valence electrons. The van der Waals surface area contributed by atoms with Gasteiger partial charge in [-0.25, -0.2) is 8.42 Å². The van der Waals surface area contributed by atoms with Gasteiger partial charge in [0.15, 0.2) is 11.5 Å². The number of hydrogen-bond donors (Lipinski definition) is 0. The Morgan fingerprint density at radius 2 is 1.52 bits per heavy atom. The highest BCUT2D eigenvalue weighted by Gasteiger charge is 2.30. The Labute approximate surface area is 183 Å². The van der Waals surface area contributed by atoms with Crippen molar-refractivity contribution < 1.29 is 27.4 Å². The maximum absolute atomic E-state index is 13.0. The van der Waals surface area contributed by atoms with Gasteiger partial charge >= 0.3 is 0 Å². The van der Waals surface area contributed by atoms with E-state index in [4.69, 9.17) is 14.2 Å². The summed E-state index contributed by atoms with van der Waals surface area (Å²) in [6.07, 6.45) is 0.926. The molecule has 0 bridgehead atoms. The van der Waals surface area contributed by atoms with Gasteiger partial charge < -0.3 is 19.1 Å². The Bertz CT molecular complexity index is 1020. The van der Waals surface area contributed by atoms with Gasteiger partial charge in [-0.3, -0.25) is 4.79 Å². The minimum atomic E-state index is -3.69. The van der Waals surface area contributed by atoms with E-state index in [1.165, 1.54) is 30.7 Å². The first-order valence-corrected chi connectivity index (χ1v) is 11.5. The number of nitrogens with zero attached hydrogens (tertiary/aromatic N) is 2. The van der Waals surface area contributed by atoms with Gasteiger partial charge in [0, 0.05) is 38.7 Å². The molecule has 0 aliphatic carbocycles. The molecule has 9 heteroatoms. The third-order valence-corrected chi connectivity index (χ3v) is 7.28. The Balaban J connectivity index is 1.60. The molecule has 0 spiro atoms. The van der Waals surface area contributed by atoms with Gasteiger partial charge in [0.25, 0.3) is 0 Å². The predicted molar refractivity (Wildman–Crippen MR) is 116 cm³/mol. The molecule has 2 aromatic carbocycles. The first kappa shape index (κ1) is 22.9. The Hall–Kier alpha value is -2.78. The second-order valence-corrected chi connectivity index (χ2v) is 9.05. The SMILES string of the molecule is COc1ccccc1CCC(=O)N1CCN(S(=O)(=O)c2ccc(OC)c(OC)c2)CC1. The number of para-hydroxylation sites is 1. The van der Waals surface area contributed by atoms with E-state index in [0.717, 1.165) is 11.3 Å². The Morgan fingerprint density at radius 3 is 2.16 bits per heavy atom. The largest absolute Gasteiger partial charge is 0.496 e. The van der Waals surface area contributed by atoms with Gasteiger partial charge in [-0.2, -0.15) is 4.31 Å². The van der Waals surface area contributed by atoms with E-state index in [0.29, 0.717) is 37.4 Å². The van der Waals surface area contributed by atoms with Crippen molar-refractivity contribution in [3.63, 3.8) is 0 Å². The van der Waals surface area contributed by atoms with Gasteiger partial charge in [0.1, 0.15) is 5.75 Å². The molecule has 31 heavy (non-hydrogen) atoms. The fourth-order valence-corrected chi connectivity index (χ4v) is 5.05. The van der Waals surface area contributed by atoms with Gasteiger partial charge in [0.05, 0.1) is 26.2 Å². The minimum Gasteiger partial charge on any atom is -0.496 e. The van der Waals surface area contributed by atoms with Crippen molar-refractivity contribution in [2.75, 3.05) is 47.5 Å². The monoisotopic (exact) mass is 448 g/mol. The molecule has 0 atom stereocenters. The Morgan fingerprint density at radius 1 is 0.871 bits per heavy atom. The lowest BCUT2D eigenvalue weighted by molar-refractivity contribution is -0.132. The van der Waals surface area contributed by atoms with Crippen LogP contribution in [0.25, 0.3) is 0 Å². The Kier molecular flexibility index (Phi) is 7.40. The van der Waals surface area contributed by atoms with E-state index in [9.17, 15) is 13.2 Å². The molecule has 1 saturated heterocycles. The fraction of sp³-hybridized carbons (Fsp3) is 0.409. The van der Waals surface area contributed by atoms with Crippen LogP contribution in [-0.2, 0) is 21.2 Å². The zero-order valence-electron chi connectivity index (χ0n) is 18.0. The fourth-order valence-electron chi connectivity index (χ4n) is 3.61. The molecule has 1 fully saturated rings. The highest BCUT2D eigenvalue weighted by molar-refractivity contribution is 7.89. The maximum atomic E-state index is 13.0. The smallest absolute Gasteiger partial charge is 0.243 e. The van der Waals surface area contributed by atoms with Crippen molar-refractivity contribution in [2.45, 2.75) is 17.7 Å². The van der Waals surface area contributed by atoms with E-state index in [2.05, 4.69) is 0 Å². The third kappa shape index (κ3) is 5.11. The maximum Gasteiger partial charge on any atom is 0.243 e. The molecule has 0 radical (unpaired) electrons. The van der Waals surface area contributed by atoms with Crippen LogP contribution in [0.1, 0.15) is 12.0 Å². The minimum absolute atomic E-state index is 0.00840. The van der Waals surface area contributed by atoms with Crippen molar-refractivity contribution in [1.29, 1.82) is 0 Å². The summed E-state index contributed by atoms with van der Waals surface area (Å²) in [6.45, 7) is 1.21. The standard InChI is InChI=1S/C22H28N2O6S/c1-28-19-7-5-4-6-17(19)8-11-22(25)23-12-14-24(15-13-23)31(26,27)18-9-10-20(29-2)21(16-18)30-3/h4-7,9-10,16H,8,11-15H2,1-3H3. The van der Waals surface area contributed by atoms with E-state index in [-0.39, 0.29) is 23.9 Å². The third-order valence-electron chi connectivity index (χ3n) is 5.38. The lowest BCUT2D eigenvalue weighted by Crippen LogP contribution is -2.50. The lowest BCUT2D eigenvalue weighted by atomic mass is 10.1. The molecule has 0 unspecified atom stereocenters. The highest BCUT2D eigenvalue weighted by Crippen LogP contribution is 2.31. The average Bonchev–Trinajstić information content (AvgIpc) is 2.82. The van der Waals surface area contributed by atoms with E-state index < -0.39 is 10.0 Å². The molecule has 0 aromatic heterocycles. The van der Waals surface area contributed by atoms with Gasteiger partial charge in [-0.15, -0.1) is 0 Å². The molecule has 0 N–H and O–H groups in total. The number of hydrogen-bond acceptors (Lipinski definition) is 6. The zero-order chi connectivity index (χ0) is 22.4. The van der Waals surface area contributed by atoms with Gasteiger partial charge in [0.2, 0.25) is 15.9 Å². The number of sulfonamides is 1. The second kappa shape index (κ2) is 10.0. The van der Waals surface area contributed by atoms with Gasteiger partial charge in [-0.1, -0.05) is 18.2 Å². The molecule has 2 aromatic rings. The van der Waals surface area contributed by atoms with Crippen molar-refractivity contribution >= 4 is 15.9 Å². The molecular weight excluding hydrogens is 420 g/mol. The summed E-state index contributed by atoms with van der Waals surface area (Å²) in [4.78, 5) is 14.5. The number of aryl methyl sites for hydroxylation is 1. The molecule has 1 heterocycles. The molecule has 3 rings (SSSR count). The van der Waals surface area contributed by atoms with Crippen LogP contribution in [0, 0.1) is 0 Å². The topological polar surface area (TPSA) is 85.4 Å². The van der Waals surface area contributed by atoms with E-state index in [1.807, 2.05) is 24.3 Å². The lowest BCUT2D eigenvalue weighted by Gasteiger charge is -2.34. The van der Waals surface area contributed by atoms with Crippen molar-refractivity contribution in [3.05, 3.63) is 48.0 Å². The van der Waals surface area contributed by atoms with Crippen LogP contribution < -0.4 is 14.2 Å². The molecule has 0 saturated carbocycles. The quantitative estimate of drug-likeness (QED) is 0.615. The summed E-state index contributed by atoms with van der Waals surface area (Å²) in [5.74, 6) is 1.59. The number of carbonyl (C=O) groups excluding carboxylic acids is 1. The summed E-state index contributed by atoms with van der Waals surface area (Å²) in [5, 5.41) is 0. The van der Waals surface area contributed by atoms with Crippen LogP contribution >= 0.6 is 0 Å². The van der Waals surface area contributed by atoms with Crippen molar-refractivity contribution in [3.8, 4) is 17.2 Å². The summed E-state index contributed by atoms with van der Waals surface area (Å²) >= 11 is 0. The average molecular weight is 449 g/mol. The summed E-state index contributed by atoms with van der Waals surface area (Å²) in [5.41, 5.74) is 0.980. The number of ether oxygens (including phenoxy) is 3. The molecule has 1 aliphatic rings. The molecular formula is C22H28N2O6S. The second-order valence-electron chi connectivity index (χ2n) is 7.11. The van der Waals surface area contributed by atoms with Crippen LogP contribution in [0.2, 0.25) is 0 Å². The number of benzene rings is 2. The molecule has 8 nitrogen and oxygen atoms in total. The van der Waals surface area contributed by atoms with Gasteiger partial charge in [-0.05, 0) is 30.2 Å². The highest BCUT2D eigenvalue weighted by atomic mass is 32.2.